The first kappa shape index (κ1) is 19.4. The predicted molar refractivity (Wildman–Crippen MR) is 111 cm³/mol. The summed E-state index contributed by atoms with van der Waals surface area (Å²) in [7, 11) is 1.65. The minimum absolute atomic E-state index is 0.0595. The molecule has 152 valence electrons. The highest BCUT2D eigenvalue weighted by atomic mass is 16.5. The number of ether oxygens (including phenoxy) is 2. The zero-order chi connectivity index (χ0) is 20.1. The van der Waals surface area contributed by atoms with Crippen molar-refractivity contribution in [3.05, 3.63) is 54.4 Å². The second-order valence-electron chi connectivity index (χ2n) is 7.21. The molecule has 3 aromatic rings. The highest BCUT2D eigenvalue weighted by Crippen LogP contribution is 2.26. The average Bonchev–Trinajstić information content (AvgIpc) is 3.20. The molecular weight excluding hydrogens is 368 g/mol. The van der Waals surface area contributed by atoms with Gasteiger partial charge in [-0.1, -0.05) is 12.1 Å². The number of aromatic nitrogens is 2. The fourth-order valence-electron chi connectivity index (χ4n) is 3.73. The molecule has 0 saturated carbocycles. The van der Waals surface area contributed by atoms with Crippen LogP contribution in [0.5, 0.6) is 5.75 Å². The zero-order valence-electron chi connectivity index (χ0n) is 16.7. The molecule has 2 N–H and O–H groups in total. The summed E-state index contributed by atoms with van der Waals surface area (Å²) in [5, 5.41) is 3.02. The first-order valence-corrected chi connectivity index (χ1v) is 10.1. The van der Waals surface area contributed by atoms with Crippen molar-refractivity contribution in [1.29, 1.82) is 0 Å². The van der Waals surface area contributed by atoms with E-state index in [1.807, 2.05) is 47.0 Å². The molecule has 1 aromatic heterocycles. The fraction of sp³-hybridized carbons (Fsp3) is 0.364. The summed E-state index contributed by atoms with van der Waals surface area (Å²) in [6.45, 7) is 5.52. The van der Waals surface area contributed by atoms with Crippen molar-refractivity contribution in [2.75, 3.05) is 46.5 Å². The zero-order valence-corrected chi connectivity index (χ0v) is 16.7. The van der Waals surface area contributed by atoms with E-state index in [0.29, 0.717) is 12.1 Å². The molecule has 4 rings (SSSR count). The number of methoxy groups -OCH3 is 1. The number of imidazole rings is 1. The number of carbonyl (C=O) groups excluding carboxylic acids is 1. The lowest BCUT2D eigenvalue weighted by atomic mass is 10.1. The lowest BCUT2D eigenvalue weighted by Crippen LogP contribution is -3.14. The number of nitrogens with zero attached hydrogens (tertiary/aromatic N) is 2. The fourth-order valence-corrected chi connectivity index (χ4v) is 3.73. The van der Waals surface area contributed by atoms with Crippen molar-refractivity contribution in [3.8, 4) is 11.4 Å². The van der Waals surface area contributed by atoms with Crippen LogP contribution >= 0.6 is 0 Å². The van der Waals surface area contributed by atoms with Crippen LogP contribution in [-0.4, -0.2) is 62.0 Å². The minimum atomic E-state index is -0.0595. The van der Waals surface area contributed by atoms with E-state index in [0.717, 1.165) is 61.7 Å². The van der Waals surface area contributed by atoms with Crippen molar-refractivity contribution in [2.24, 2.45) is 0 Å². The van der Waals surface area contributed by atoms with Crippen molar-refractivity contribution < 1.29 is 19.2 Å². The SMILES string of the molecule is COc1ccccc1-n1cnc2cc(C(=O)NCCC[NH+]3CCOCC3)ccc21. The third kappa shape index (κ3) is 4.41. The number of carbonyl (C=O) groups is 1. The Morgan fingerprint density at radius 2 is 2.07 bits per heavy atom. The first-order valence-electron chi connectivity index (χ1n) is 10.1. The van der Waals surface area contributed by atoms with Gasteiger partial charge < -0.3 is 19.7 Å². The molecule has 1 aliphatic rings. The molecule has 2 aromatic carbocycles. The van der Waals surface area contributed by atoms with Crippen molar-refractivity contribution in [1.82, 2.24) is 14.9 Å². The van der Waals surface area contributed by atoms with Gasteiger partial charge >= 0.3 is 0 Å². The molecule has 0 bridgehead atoms. The Morgan fingerprint density at radius 1 is 1.24 bits per heavy atom. The standard InChI is InChI=1S/C22H26N4O3/c1-28-21-6-3-2-5-20(21)26-16-24-18-15-17(7-8-19(18)26)22(27)23-9-4-10-25-11-13-29-14-12-25/h2-3,5-8,15-16H,4,9-14H2,1H3,(H,23,27)/p+1. The number of nitrogens with one attached hydrogen (secondary N) is 2. The van der Waals surface area contributed by atoms with Gasteiger partial charge in [-0.25, -0.2) is 4.98 Å². The molecule has 1 fully saturated rings. The van der Waals surface area contributed by atoms with Crippen LogP contribution in [0.15, 0.2) is 48.8 Å². The number of quaternary nitrogens is 1. The van der Waals surface area contributed by atoms with Gasteiger partial charge in [0.25, 0.3) is 5.91 Å². The molecule has 7 nitrogen and oxygen atoms in total. The maximum atomic E-state index is 12.5. The Kier molecular flexibility index (Phi) is 6.07. The Labute approximate surface area is 170 Å². The normalized spacial score (nSPS) is 14.8. The predicted octanol–water partition coefficient (Wildman–Crippen LogP) is 1.07. The van der Waals surface area contributed by atoms with E-state index in [-0.39, 0.29) is 5.91 Å². The topological polar surface area (TPSA) is 69.8 Å². The molecule has 7 heteroatoms. The molecule has 0 spiro atoms. The van der Waals surface area contributed by atoms with Crippen LogP contribution in [0.25, 0.3) is 16.7 Å². The number of hydrogen-bond donors (Lipinski definition) is 2. The smallest absolute Gasteiger partial charge is 0.251 e. The van der Waals surface area contributed by atoms with Gasteiger partial charge in [0.15, 0.2) is 0 Å². The van der Waals surface area contributed by atoms with Gasteiger partial charge in [-0.3, -0.25) is 9.36 Å². The maximum Gasteiger partial charge on any atom is 0.251 e. The van der Waals surface area contributed by atoms with Gasteiger partial charge in [-0.05, 0) is 30.3 Å². The number of rotatable bonds is 7. The van der Waals surface area contributed by atoms with Crippen molar-refractivity contribution >= 4 is 16.9 Å². The maximum absolute atomic E-state index is 12.5. The second kappa shape index (κ2) is 9.07. The summed E-state index contributed by atoms with van der Waals surface area (Å²) < 4.78 is 12.8. The second-order valence-corrected chi connectivity index (χ2v) is 7.21. The quantitative estimate of drug-likeness (QED) is 0.587. The summed E-state index contributed by atoms with van der Waals surface area (Å²) in [5.41, 5.74) is 3.25. The van der Waals surface area contributed by atoms with Crippen LogP contribution in [0.4, 0.5) is 0 Å². The Balaban J connectivity index is 1.40. The minimum Gasteiger partial charge on any atom is -0.495 e. The molecule has 0 aliphatic carbocycles. The number of hydrogen-bond acceptors (Lipinski definition) is 4. The molecule has 1 amide bonds. The third-order valence-corrected chi connectivity index (χ3v) is 5.35. The lowest BCUT2D eigenvalue weighted by Gasteiger charge is -2.23. The molecule has 0 atom stereocenters. The van der Waals surface area contributed by atoms with E-state index in [4.69, 9.17) is 9.47 Å². The number of para-hydroxylation sites is 2. The van der Waals surface area contributed by atoms with E-state index in [1.165, 1.54) is 0 Å². The lowest BCUT2D eigenvalue weighted by molar-refractivity contribution is -0.908. The molecule has 2 heterocycles. The molecule has 0 unspecified atom stereocenters. The van der Waals surface area contributed by atoms with Gasteiger partial charge in [-0.15, -0.1) is 0 Å². The van der Waals surface area contributed by atoms with Gasteiger partial charge in [0.05, 0.1) is 43.6 Å². The van der Waals surface area contributed by atoms with E-state index in [9.17, 15) is 4.79 Å². The van der Waals surface area contributed by atoms with Crippen LogP contribution < -0.4 is 15.0 Å². The van der Waals surface area contributed by atoms with Crippen LogP contribution in [0, 0.1) is 0 Å². The van der Waals surface area contributed by atoms with Gasteiger partial charge in [0, 0.05) is 18.5 Å². The Hall–Kier alpha value is -2.90. The van der Waals surface area contributed by atoms with Crippen LogP contribution in [0.2, 0.25) is 0 Å². The van der Waals surface area contributed by atoms with E-state index >= 15 is 0 Å². The Morgan fingerprint density at radius 3 is 2.90 bits per heavy atom. The van der Waals surface area contributed by atoms with Gasteiger partial charge in [0.1, 0.15) is 25.2 Å². The van der Waals surface area contributed by atoms with E-state index < -0.39 is 0 Å². The number of benzene rings is 2. The third-order valence-electron chi connectivity index (χ3n) is 5.35. The number of amides is 1. The van der Waals surface area contributed by atoms with Gasteiger partial charge in [-0.2, -0.15) is 0 Å². The molecule has 29 heavy (non-hydrogen) atoms. The largest absolute Gasteiger partial charge is 0.495 e. The highest BCUT2D eigenvalue weighted by molar-refractivity contribution is 5.97. The summed E-state index contributed by atoms with van der Waals surface area (Å²) in [5.74, 6) is 0.715. The van der Waals surface area contributed by atoms with Crippen LogP contribution in [-0.2, 0) is 4.74 Å². The van der Waals surface area contributed by atoms with E-state index in [2.05, 4.69) is 10.3 Å². The molecular formula is C22H27N4O3+. The first-order chi connectivity index (χ1) is 14.3. The Bertz CT molecular complexity index is 979. The number of morpholine rings is 1. The summed E-state index contributed by atoms with van der Waals surface area (Å²) in [6.07, 6.45) is 2.72. The summed E-state index contributed by atoms with van der Waals surface area (Å²) >= 11 is 0. The van der Waals surface area contributed by atoms with Crippen LogP contribution in [0.3, 0.4) is 0 Å². The number of fused-ring (bicyclic) bond motifs is 1. The summed E-state index contributed by atoms with van der Waals surface area (Å²) in [6, 6.07) is 13.4. The summed E-state index contributed by atoms with van der Waals surface area (Å²) in [4.78, 5) is 18.6. The monoisotopic (exact) mass is 395 g/mol. The average molecular weight is 395 g/mol. The molecule has 1 saturated heterocycles. The van der Waals surface area contributed by atoms with Gasteiger partial charge in [0.2, 0.25) is 0 Å². The molecule has 0 radical (unpaired) electrons. The van der Waals surface area contributed by atoms with Crippen LogP contribution in [0.1, 0.15) is 16.8 Å². The van der Waals surface area contributed by atoms with E-state index in [1.54, 1.807) is 18.3 Å². The highest BCUT2D eigenvalue weighted by Gasteiger charge is 2.14. The molecule has 1 aliphatic heterocycles. The van der Waals surface area contributed by atoms with Crippen molar-refractivity contribution in [3.63, 3.8) is 0 Å². The van der Waals surface area contributed by atoms with Crippen molar-refractivity contribution in [2.45, 2.75) is 6.42 Å².